The Balaban J connectivity index is 1.51. The number of carbonyl (C=O) groups excluding carboxylic acids is 2. The zero-order valence-electron chi connectivity index (χ0n) is 16.3. The van der Waals surface area contributed by atoms with Crippen LogP contribution in [0.2, 0.25) is 0 Å². The van der Waals surface area contributed by atoms with Gasteiger partial charge in [-0.15, -0.1) is 0 Å². The summed E-state index contributed by atoms with van der Waals surface area (Å²) in [6.07, 6.45) is 3.92. The van der Waals surface area contributed by atoms with E-state index in [4.69, 9.17) is 9.15 Å². The van der Waals surface area contributed by atoms with Gasteiger partial charge in [-0.25, -0.2) is 4.79 Å². The number of benzene rings is 2. The molecule has 2 N–H and O–H groups in total. The molecule has 0 saturated heterocycles. The molecule has 0 radical (unpaired) electrons. The number of fused-ring (bicyclic) bond motifs is 2. The van der Waals surface area contributed by atoms with E-state index >= 15 is 0 Å². The molecule has 0 aliphatic carbocycles. The Hall–Kier alpha value is -3.54. The van der Waals surface area contributed by atoms with Gasteiger partial charge in [0.05, 0.1) is 19.8 Å². The van der Waals surface area contributed by atoms with Gasteiger partial charge in [0.2, 0.25) is 5.91 Å². The predicted molar refractivity (Wildman–Crippen MR) is 111 cm³/mol. The lowest BCUT2D eigenvalue weighted by atomic mass is 10.0. The molecule has 0 bridgehead atoms. The van der Waals surface area contributed by atoms with Gasteiger partial charge in [0.1, 0.15) is 11.6 Å². The number of furan rings is 1. The minimum Gasteiger partial charge on any atom is -0.467 e. The van der Waals surface area contributed by atoms with E-state index in [0.29, 0.717) is 6.42 Å². The Morgan fingerprint density at radius 2 is 1.97 bits per heavy atom. The van der Waals surface area contributed by atoms with Gasteiger partial charge >= 0.3 is 5.97 Å². The highest BCUT2D eigenvalue weighted by Crippen LogP contribution is 2.23. The largest absolute Gasteiger partial charge is 0.467 e. The molecule has 29 heavy (non-hydrogen) atoms. The van der Waals surface area contributed by atoms with Gasteiger partial charge < -0.3 is 19.5 Å². The maximum absolute atomic E-state index is 12.7. The molecule has 0 aliphatic heterocycles. The van der Waals surface area contributed by atoms with Crippen LogP contribution in [0.1, 0.15) is 16.7 Å². The average molecular weight is 390 g/mol. The standard InChI is InChI=1S/C23H22N2O4/c1-14-7-8-18-16(13-29-21(18)9-14)11-22(26)25-20(23(27)28-2)10-15-12-24-19-6-4-3-5-17(15)19/h3-9,12-13,20,24H,10-11H2,1-2H3,(H,25,26)/t20-/m1/s1. The van der Waals surface area contributed by atoms with E-state index in [-0.39, 0.29) is 12.3 Å². The second-order valence-corrected chi connectivity index (χ2v) is 7.14. The molecule has 4 aromatic rings. The van der Waals surface area contributed by atoms with Crippen molar-refractivity contribution < 1.29 is 18.7 Å². The molecule has 0 saturated carbocycles. The first kappa shape index (κ1) is 18.8. The monoisotopic (exact) mass is 390 g/mol. The number of aromatic nitrogens is 1. The molecule has 2 aromatic heterocycles. The fourth-order valence-electron chi connectivity index (χ4n) is 3.60. The average Bonchev–Trinajstić information content (AvgIpc) is 3.31. The summed E-state index contributed by atoms with van der Waals surface area (Å²) in [5, 5.41) is 4.74. The van der Waals surface area contributed by atoms with Crippen LogP contribution in [0.3, 0.4) is 0 Å². The van der Waals surface area contributed by atoms with Crippen LogP contribution >= 0.6 is 0 Å². The number of para-hydroxylation sites is 1. The van der Waals surface area contributed by atoms with E-state index in [1.807, 2.05) is 55.6 Å². The number of hydrogen-bond donors (Lipinski definition) is 2. The number of aromatic amines is 1. The van der Waals surface area contributed by atoms with Crippen LogP contribution in [0.15, 0.2) is 59.3 Å². The Kier molecular flexibility index (Phi) is 5.08. The predicted octanol–water partition coefficient (Wildman–Crippen LogP) is 3.67. The molecule has 148 valence electrons. The molecule has 0 spiro atoms. The van der Waals surface area contributed by atoms with Gasteiger partial charge in [-0.1, -0.05) is 30.3 Å². The Morgan fingerprint density at radius 3 is 2.79 bits per heavy atom. The van der Waals surface area contributed by atoms with E-state index in [1.165, 1.54) is 7.11 Å². The summed E-state index contributed by atoms with van der Waals surface area (Å²) in [6, 6.07) is 12.9. The molecule has 1 atom stereocenters. The summed E-state index contributed by atoms with van der Waals surface area (Å²) < 4.78 is 10.5. The van der Waals surface area contributed by atoms with E-state index in [9.17, 15) is 9.59 Å². The van der Waals surface area contributed by atoms with Crippen LogP contribution in [0, 0.1) is 6.92 Å². The minimum atomic E-state index is -0.771. The van der Waals surface area contributed by atoms with Crippen molar-refractivity contribution in [3.05, 3.63) is 71.6 Å². The van der Waals surface area contributed by atoms with E-state index in [2.05, 4.69) is 10.3 Å². The number of ether oxygens (including phenoxy) is 1. The number of nitrogens with one attached hydrogen (secondary N) is 2. The molecule has 6 heteroatoms. The van der Waals surface area contributed by atoms with E-state index < -0.39 is 12.0 Å². The smallest absolute Gasteiger partial charge is 0.328 e. The summed E-state index contributed by atoms with van der Waals surface area (Å²) in [7, 11) is 1.32. The van der Waals surface area contributed by atoms with E-state index in [0.717, 1.165) is 38.6 Å². The van der Waals surface area contributed by atoms with Crippen molar-refractivity contribution in [3.63, 3.8) is 0 Å². The second kappa shape index (κ2) is 7.83. The molecule has 6 nitrogen and oxygen atoms in total. The first-order chi connectivity index (χ1) is 14.0. The molecular weight excluding hydrogens is 368 g/mol. The van der Waals surface area contributed by atoms with Crippen molar-refractivity contribution >= 4 is 33.7 Å². The van der Waals surface area contributed by atoms with Crippen molar-refractivity contribution in [1.82, 2.24) is 10.3 Å². The number of H-pyrrole nitrogens is 1. The lowest BCUT2D eigenvalue weighted by Crippen LogP contribution is -2.43. The first-order valence-electron chi connectivity index (χ1n) is 9.44. The zero-order chi connectivity index (χ0) is 20.4. The number of esters is 1. The van der Waals surface area contributed by atoms with Gasteiger partial charge in [-0.2, -0.15) is 0 Å². The number of aryl methyl sites for hydroxylation is 1. The Morgan fingerprint density at radius 1 is 1.14 bits per heavy atom. The third-order valence-electron chi connectivity index (χ3n) is 5.08. The number of amides is 1. The summed E-state index contributed by atoms with van der Waals surface area (Å²) in [5.41, 5.74) is 4.55. The maximum atomic E-state index is 12.7. The molecule has 0 fully saturated rings. The quantitative estimate of drug-likeness (QED) is 0.492. The molecule has 4 rings (SSSR count). The lowest BCUT2D eigenvalue weighted by Gasteiger charge is -2.16. The second-order valence-electron chi connectivity index (χ2n) is 7.14. The van der Waals surface area contributed by atoms with Crippen LogP contribution in [-0.4, -0.2) is 30.0 Å². The number of carbonyl (C=O) groups is 2. The van der Waals surface area contributed by atoms with Crippen LogP contribution < -0.4 is 5.32 Å². The summed E-state index contributed by atoms with van der Waals surface area (Å²) in [6.45, 7) is 1.99. The SMILES string of the molecule is COC(=O)[C@@H](Cc1c[nH]c2ccccc12)NC(=O)Cc1coc2cc(C)ccc12. The van der Waals surface area contributed by atoms with Gasteiger partial charge in [-0.05, 0) is 30.2 Å². The van der Waals surface area contributed by atoms with E-state index in [1.54, 1.807) is 6.26 Å². The molecular formula is C23H22N2O4. The summed E-state index contributed by atoms with van der Waals surface area (Å²) >= 11 is 0. The van der Waals surface area contributed by atoms with Crippen LogP contribution in [0.4, 0.5) is 0 Å². The summed E-state index contributed by atoms with van der Waals surface area (Å²) in [4.78, 5) is 28.2. The number of rotatable bonds is 6. The fourth-order valence-corrected chi connectivity index (χ4v) is 3.60. The number of methoxy groups -OCH3 is 1. The topological polar surface area (TPSA) is 84.3 Å². The minimum absolute atomic E-state index is 0.122. The van der Waals surface area contributed by atoms with Crippen LogP contribution in [0.25, 0.3) is 21.9 Å². The molecule has 2 aromatic carbocycles. The van der Waals surface area contributed by atoms with Gasteiger partial charge in [-0.3, -0.25) is 4.79 Å². The normalized spacial score (nSPS) is 12.2. The highest BCUT2D eigenvalue weighted by Gasteiger charge is 2.24. The third kappa shape index (κ3) is 3.87. The van der Waals surface area contributed by atoms with Crippen molar-refractivity contribution in [2.45, 2.75) is 25.8 Å². The van der Waals surface area contributed by atoms with Crippen LogP contribution in [0.5, 0.6) is 0 Å². The summed E-state index contributed by atoms with van der Waals surface area (Å²) in [5.74, 6) is -0.736. The molecule has 0 unspecified atom stereocenters. The third-order valence-corrected chi connectivity index (χ3v) is 5.08. The maximum Gasteiger partial charge on any atom is 0.328 e. The number of hydrogen-bond acceptors (Lipinski definition) is 4. The van der Waals surface area contributed by atoms with Crippen molar-refractivity contribution in [1.29, 1.82) is 0 Å². The van der Waals surface area contributed by atoms with Gasteiger partial charge in [0.15, 0.2) is 0 Å². The molecule has 1 amide bonds. The Bertz CT molecular complexity index is 1190. The zero-order valence-corrected chi connectivity index (χ0v) is 16.3. The van der Waals surface area contributed by atoms with Crippen molar-refractivity contribution in [3.8, 4) is 0 Å². The lowest BCUT2D eigenvalue weighted by molar-refractivity contribution is -0.145. The highest BCUT2D eigenvalue weighted by atomic mass is 16.5. The highest BCUT2D eigenvalue weighted by molar-refractivity contribution is 5.91. The Labute approximate surface area is 167 Å². The van der Waals surface area contributed by atoms with Crippen molar-refractivity contribution in [2.75, 3.05) is 7.11 Å². The first-order valence-corrected chi connectivity index (χ1v) is 9.44. The van der Waals surface area contributed by atoms with Crippen molar-refractivity contribution in [2.24, 2.45) is 0 Å². The molecule has 2 heterocycles. The van der Waals surface area contributed by atoms with Crippen LogP contribution in [-0.2, 0) is 27.2 Å². The van der Waals surface area contributed by atoms with Gasteiger partial charge in [0, 0.05) is 34.5 Å². The van der Waals surface area contributed by atoms with Gasteiger partial charge in [0.25, 0.3) is 0 Å². The molecule has 0 aliphatic rings. The fraction of sp³-hybridized carbons (Fsp3) is 0.217.